The maximum Gasteiger partial charge on any atom is 0.573 e. The molecule has 0 saturated carbocycles. The topological polar surface area (TPSA) is 56.8 Å². The second-order valence-corrected chi connectivity index (χ2v) is 4.52. The Bertz CT molecular complexity index is 607. The van der Waals surface area contributed by atoms with Gasteiger partial charge in [-0.3, -0.25) is 0 Å². The minimum Gasteiger partial charge on any atom is -0.406 e. The average molecular weight is 306 g/mol. The second kappa shape index (κ2) is 6.82. The zero-order valence-corrected chi connectivity index (χ0v) is 11.6. The predicted octanol–water partition coefficient (Wildman–Crippen LogP) is 4.46. The van der Waals surface area contributed by atoms with Crippen molar-refractivity contribution in [3.63, 3.8) is 0 Å². The monoisotopic (exact) mass is 306 g/mol. The molecular weight excluding hydrogens is 293 g/mol. The first-order chi connectivity index (χ1) is 10.3. The molecule has 0 aliphatic carbocycles. The average Bonchev–Trinajstić information content (AvgIpc) is 2.47. The Kier molecular flexibility index (Phi) is 5.37. The molecule has 0 fully saturated rings. The van der Waals surface area contributed by atoms with Gasteiger partial charge in [0.1, 0.15) is 5.75 Å². The van der Waals surface area contributed by atoms with E-state index in [9.17, 15) is 23.7 Å². The lowest BCUT2D eigenvalue weighted by atomic mass is 9.72. The van der Waals surface area contributed by atoms with Crippen molar-refractivity contribution in [3.05, 3.63) is 55.1 Å². The standard InChI is InChI=1S/C16H13F3N2O/c1-3-9-15(10-20,11-21)14(4-2)12-5-7-13(8-6-12)22-16(17,18)19/h3-8,14H,1-2,9H2. The molecular formula is C16H13F3N2O. The lowest BCUT2D eigenvalue weighted by Gasteiger charge is -2.26. The number of ether oxygens (including phenoxy) is 1. The molecule has 3 nitrogen and oxygen atoms in total. The molecule has 114 valence electrons. The summed E-state index contributed by atoms with van der Waals surface area (Å²) in [6.07, 6.45) is -1.79. The summed E-state index contributed by atoms with van der Waals surface area (Å²) in [6, 6.07) is 8.92. The summed E-state index contributed by atoms with van der Waals surface area (Å²) in [5.74, 6) is -1.04. The van der Waals surface area contributed by atoms with E-state index in [4.69, 9.17) is 0 Å². The fourth-order valence-corrected chi connectivity index (χ4v) is 2.11. The molecule has 0 radical (unpaired) electrons. The van der Waals surface area contributed by atoms with Crippen molar-refractivity contribution in [2.45, 2.75) is 18.7 Å². The fourth-order valence-electron chi connectivity index (χ4n) is 2.11. The highest BCUT2D eigenvalue weighted by Crippen LogP contribution is 2.40. The number of alkyl halides is 3. The summed E-state index contributed by atoms with van der Waals surface area (Å²) in [5.41, 5.74) is -0.912. The van der Waals surface area contributed by atoms with Crippen LogP contribution in [0.5, 0.6) is 5.75 Å². The molecule has 1 aromatic rings. The molecule has 1 aromatic carbocycles. The molecule has 0 N–H and O–H groups in total. The molecule has 0 aliphatic heterocycles. The van der Waals surface area contributed by atoms with Crippen molar-refractivity contribution in [1.82, 2.24) is 0 Å². The smallest absolute Gasteiger partial charge is 0.406 e. The molecule has 22 heavy (non-hydrogen) atoms. The Morgan fingerprint density at radius 2 is 1.68 bits per heavy atom. The van der Waals surface area contributed by atoms with Crippen molar-refractivity contribution >= 4 is 0 Å². The van der Waals surface area contributed by atoms with Gasteiger partial charge in [0.15, 0.2) is 5.41 Å². The van der Waals surface area contributed by atoms with Crippen LogP contribution < -0.4 is 4.74 Å². The molecule has 0 spiro atoms. The minimum absolute atomic E-state index is 0.109. The third-order valence-electron chi connectivity index (χ3n) is 3.10. The van der Waals surface area contributed by atoms with E-state index in [1.54, 1.807) is 0 Å². The van der Waals surface area contributed by atoms with E-state index in [1.165, 1.54) is 24.3 Å². The van der Waals surface area contributed by atoms with Crippen LogP contribution in [0.25, 0.3) is 0 Å². The van der Waals surface area contributed by atoms with Crippen LogP contribution in [0.1, 0.15) is 17.9 Å². The van der Waals surface area contributed by atoms with Gasteiger partial charge in [0.05, 0.1) is 12.1 Å². The number of nitriles is 2. The van der Waals surface area contributed by atoms with Gasteiger partial charge >= 0.3 is 6.36 Å². The molecule has 0 saturated heterocycles. The van der Waals surface area contributed by atoms with Crippen LogP contribution in [0.3, 0.4) is 0 Å². The summed E-state index contributed by atoms with van der Waals surface area (Å²) in [5, 5.41) is 18.7. The number of hydrogen-bond donors (Lipinski definition) is 0. The molecule has 0 heterocycles. The first-order valence-corrected chi connectivity index (χ1v) is 6.23. The van der Waals surface area contributed by atoms with Crippen LogP contribution in [-0.4, -0.2) is 6.36 Å². The molecule has 1 rings (SSSR count). The minimum atomic E-state index is -4.77. The van der Waals surface area contributed by atoms with E-state index in [1.807, 2.05) is 12.1 Å². The highest BCUT2D eigenvalue weighted by atomic mass is 19.4. The lowest BCUT2D eigenvalue weighted by molar-refractivity contribution is -0.274. The lowest BCUT2D eigenvalue weighted by Crippen LogP contribution is -2.24. The summed E-state index contributed by atoms with van der Waals surface area (Å²) in [7, 11) is 0. The maximum atomic E-state index is 12.1. The van der Waals surface area contributed by atoms with Crippen LogP contribution in [0, 0.1) is 28.1 Å². The van der Waals surface area contributed by atoms with Crippen molar-refractivity contribution in [1.29, 1.82) is 10.5 Å². The molecule has 0 aromatic heterocycles. The van der Waals surface area contributed by atoms with Gasteiger partial charge in [-0.25, -0.2) is 0 Å². The van der Waals surface area contributed by atoms with Crippen molar-refractivity contribution in [2.24, 2.45) is 5.41 Å². The van der Waals surface area contributed by atoms with E-state index in [2.05, 4.69) is 17.9 Å². The van der Waals surface area contributed by atoms with Crippen LogP contribution in [0.2, 0.25) is 0 Å². The zero-order chi connectivity index (χ0) is 16.8. The largest absolute Gasteiger partial charge is 0.573 e. The SMILES string of the molecule is C=CCC(C#N)(C#N)C(C=C)c1ccc(OC(F)(F)F)cc1. The molecule has 1 unspecified atom stereocenters. The second-order valence-electron chi connectivity index (χ2n) is 4.52. The van der Waals surface area contributed by atoms with Crippen LogP contribution in [0.15, 0.2) is 49.6 Å². The van der Waals surface area contributed by atoms with E-state index >= 15 is 0 Å². The number of benzene rings is 1. The molecule has 0 amide bonds. The van der Waals surface area contributed by atoms with Crippen molar-refractivity contribution < 1.29 is 17.9 Å². The molecule has 6 heteroatoms. The summed E-state index contributed by atoms with van der Waals surface area (Å²) < 4.78 is 40.2. The highest BCUT2D eigenvalue weighted by molar-refractivity contribution is 5.38. The first-order valence-electron chi connectivity index (χ1n) is 6.23. The third kappa shape index (κ3) is 3.89. The number of nitrogens with zero attached hydrogens (tertiary/aromatic N) is 2. The van der Waals surface area contributed by atoms with Gasteiger partial charge in [-0.2, -0.15) is 10.5 Å². The van der Waals surface area contributed by atoms with Gasteiger partial charge in [-0.15, -0.1) is 26.3 Å². The van der Waals surface area contributed by atoms with E-state index in [0.29, 0.717) is 5.56 Å². The normalized spacial score (nSPS) is 12.6. The van der Waals surface area contributed by atoms with Gasteiger partial charge in [-0.05, 0) is 24.1 Å². The Hall–Kier alpha value is -2.73. The number of allylic oxidation sites excluding steroid dienone is 2. The summed E-state index contributed by atoms with van der Waals surface area (Å²) in [4.78, 5) is 0. The number of halogens is 3. The fraction of sp³-hybridized carbons (Fsp3) is 0.250. The number of hydrogen-bond acceptors (Lipinski definition) is 3. The Morgan fingerprint density at radius 3 is 2.05 bits per heavy atom. The first kappa shape index (κ1) is 17.3. The van der Waals surface area contributed by atoms with Gasteiger partial charge in [-0.1, -0.05) is 24.3 Å². The summed E-state index contributed by atoms with van der Waals surface area (Å²) in [6.45, 7) is 7.14. The number of rotatable bonds is 6. The van der Waals surface area contributed by atoms with E-state index in [0.717, 1.165) is 12.1 Å². The maximum absolute atomic E-state index is 12.1. The van der Waals surface area contributed by atoms with Gasteiger partial charge in [0.2, 0.25) is 0 Å². The molecule has 1 atom stereocenters. The summed E-state index contributed by atoms with van der Waals surface area (Å²) >= 11 is 0. The van der Waals surface area contributed by atoms with Crippen molar-refractivity contribution in [2.75, 3.05) is 0 Å². The van der Waals surface area contributed by atoms with E-state index in [-0.39, 0.29) is 12.2 Å². The third-order valence-corrected chi connectivity index (χ3v) is 3.10. The van der Waals surface area contributed by atoms with Crippen LogP contribution in [-0.2, 0) is 0 Å². The highest BCUT2D eigenvalue weighted by Gasteiger charge is 2.38. The Balaban J connectivity index is 3.16. The molecule has 0 aliphatic rings. The van der Waals surface area contributed by atoms with Gasteiger partial charge < -0.3 is 4.74 Å². The predicted molar refractivity (Wildman–Crippen MR) is 74.5 cm³/mol. The Labute approximate surface area is 126 Å². The van der Waals surface area contributed by atoms with Crippen LogP contribution in [0.4, 0.5) is 13.2 Å². The quantitative estimate of drug-likeness (QED) is 0.729. The zero-order valence-electron chi connectivity index (χ0n) is 11.6. The van der Waals surface area contributed by atoms with Gasteiger partial charge in [0, 0.05) is 5.92 Å². The Morgan fingerprint density at radius 1 is 1.14 bits per heavy atom. The molecule has 0 bridgehead atoms. The van der Waals surface area contributed by atoms with Crippen LogP contribution >= 0.6 is 0 Å². The van der Waals surface area contributed by atoms with Gasteiger partial charge in [0.25, 0.3) is 0 Å². The van der Waals surface area contributed by atoms with E-state index < -0.39 is 17.7 Å². The van der Waals surface area contributed by atoms with Crippen molar-refractivity contribution in [3.8, 4) is 17.9 Å².